The van der Waals surface area contributed by atoms with E-state index in [1.807, 2.05) is 61.5 Å². The van der Waals surface area contributed by atoms with E-state index in [-0.39, 0.29) is 12.4 Å². The van der Waals surface area contributed by atoms with E-state index >= 15 is 0 Å². The molecule has 0 heterocycles. The van der Waals surface area contributed by atoms with Crippen LogP contribution >= 0.6 is 32.0 Å². The second-order valence-electron chi connectivity index (χ2n) is 10.8. The van der Waals surface area contributed by atoms with Crippen LogP contribution in [0.5, 0.6) is 11.5 Å². The number of halogens is 1. The summed E-state index contributed by atoms with van der Waals surface area (Å²) >= 11 is 8.08. The number of hydrogen-bond donors (Lipinski definition) is 2. The average molecular weight is 618 g/mol. The number of carbonyl (C=O) groups is 1. The van der Waals surface area contributed by atoms with Crippen LogP contribution in [-0.4, -0.2) is 28.9 Å². The fraction of sp³-hybridized carbons (Fsp3) is 0.387. The van der Waals surface area contributed by atoms with Crippen LogP contribution in [-0.2, 0) is 26.9 Å². The lowest BCUT2D eigenvalue weighted by Gasteiger charge is -2.34. The van der Waals surface area contributed by atoms with Crippen molar-refractivity contribution in [3.05, 3.63) is 82.9 Å². The van der Waals surface area contributed by atoms with Gasteiger partial charge in [0.2, 0.25) is 0 Å². The minimum absolute atomic E-state index is 0.0681. The van der Waals surface area contributed by atoms with Gasteiger partial charge < -0.3 is 19.9 Å². The molecule has 3 rings (SSSR count). The number of carbonyl (C=O) groups excluding carboxylic acids is 1. The van der Waals surface area contributed by atoms with Crippen LogP contribution in [0.4, 0.5) is 4.79 Å². The number of amides is 1. The van der Waals surface area contributed by atoms with Crippen LogP contribution in [0.1, 0.15) is 58.1 Å². The van der Waals surface area contributed by atoms with E-state index in [1.54, 1.807) is 32.9 Å². The fourth-order valence-electron chi connectivity index (χ4n) is 4.28. The maximum atomic E-state index is 12.6. The number of aryl methyl sites for hydroxylation is 1. The molecule has 0 saturated heterocycles. The quantitative estimate of drug-likeness (QED) is 0.174. The molecule has 0 spiro atoms. The number of nitrogens with one attached hydrogen (secondary N) is 1. The second kappa shape index (κ2) is 15.5. The number of phenolic OH excluding ortho intramolecular Hbond substituents is 1. The van der Waals surface area contributed by atoms with Crippen molar-refractivity contribution in [1.29, 1.82) is 0 Å². The van der Waals surface area contributed by atoms with Crippen molar-refractivity contribution in [1.82, 2.24) is 5.32 Å². The van der Waals surface area contributed by atoms with E-state index in [1.165, 1.54) is 11.8 Å². The molecule has 10 heteroatoms. The molecule has 220 valence electrons. The Labute approximate surface area is 253 Å². The summed E-state index contributed by atoms with van der Waals surface area (Å²) in [7, 11) is -0.455. The molecule has 0 aliphatic carbocycles. The summed E-state index contributed by atoms with van der Waals surface area (Å²) in [6.45, 7) is 7.91. The molecule has 3 aromatic rings. The Morgan fingerprint density at radius 1 is 1.05 bits per heavy atom. The largest absolute Gasteiger partial charge is 0.507 e. The SMILES string of the molecule is CCC[C@](CCc1ccc(Sc2cc(OCc3ccccc3)ccc2O)cc1Cl)(COP=O)NC(=O)OC(C)(C)C. The molecule has 41 heavy (non-hydrogen) atoms. The molecule has 1 atom stereocenters. The standard InChI is InChI=1S/C31H37ClNO6PS/c1-5-16-31(21-38-40-36,33-29(35)39-30(2,3)4)17-15-23-11-13-25(19-26(23)32)41-28-18-24(12-14-27(28)34)37-20-22-9-7-6-8-10-22/h6-14,18-19,34H,5,15-17,20-21H2,1-4H3,(H,33,35)/t31-/m0/s1. The predicted octanol–water partition coefficient (Wildman–Crippen LogP) is 9.00. The molecule has 3 aromatic carbocycles. The Bertz CT molecular complexity index is 1300. The average Bonchev–Trinajstić information content (AvgIpc) is 2.91. The van der Waals surface area contributed by atoms with Gasteiger partial charge in [-0.15, -0.1) is 0 Å². The first kappa shape index (κ1) is 32.7. The highest BCUT2D eigenvalue weighted by Crippen LogP contribution is 2.38. The zero-order valence-corrected chi connectivity index (χ0v) is 26.3. The van der Waals surface area contributed by atoms with Crippen LogP contribution in [0.2, 0.25) is 5.02 Å². The molecule has 1 amide bonds. The van der Waals surface area contributed by atoms with E-state index in [0.29, 0.717) is 41.5 Å². The summed E-state index contributed by atoms with van der Waals surface area (Å²) in [5.74, 6) is 0.804. The fourth-order valence-corrected chi connectivity index (χ4v) is 5.84. The number of rotatable bonds is 14. The molecule has 0 aromatic heterocycles. The number of phenols is 1. The van der Waals surface area contributed by atoms with Gasteiger partial charge >= 0.3 is 14.8 Å². The first-order chi connectivity index (χ1) is 19.5. The summed E-state index contributed by atoms with van der Waals surface area (Å²) in [5.41, 5.74) is 0.516. The van der Waals surface area contributed by atoms with Crippen molar-refractivity contribution < 1.29 is 28.5 Å². The molecule has 7 nitrogen and oxygen atoms in total. The summed E-state index contributed by atoms with van der Waals surface area (Å²) in [5, 5.41) is 14.0. The van der Waals surface area contributed by atoms with Gasteiger partial charge in [0.1, 0.15) is 23.7 Å². The maximum absolute atomic E-state index is 12.6. The van der Waals surface area contributed by atoms with Gasteiger partial charge in [0.15, 0.2) is 0 Å². The minimum Gasteiger partial charge on any atom is -0.507 e. The molecule has 0 radical (unpaired) electrons. The van der Waals surface area contributed by atoms with Crippen molar-refractivity contribution in [3.8, 4) is 11.5 Å². The monoisotopic (exact) mass is 617 g/mol. The zero-order chi connectivity index (χ0) is 29.9. The molecule has 0 aliphatic rings. The highest BCUT2D eigenvalue weighted by Gasteiger charge is 2.33. The molecule has 0 unspecified atom stereocenters. The normalized spacial score (nSPS) is 13.0. The Morgan fingerprint density at radius 3 is 2.46 bits per heavy atom. The number of aromatic hydroxyl groups is 1. The lowest BCUT2D eigenvalue weighted by Crippen LogP contribution is -2.53. The lowest BCUT2D eigenvalue weighted by molar-refractivity contribution is 0.0395. The van der Waals surface area contributed by atoms with Crippen molar-refractivity contribution in [2.75, 3.05) is 6.61 Å². The first-order valence-corrected chi connectivity index (χ1v) is 15.4. The molecular weight excluding hydrogens is 581 g/mol. The molecule has 0 fully saturated rings. The van der Waals surface area contributed by atoms with Gasteiger partial charge in [0, 0.05) is 9.92 Å². The molecule has 0 aliphatic heterocycles. The topological polar surface area (TPSA) is 94.1 Å². The van der Waals surface area contributed by atoms with Gasteiger partial charge in [-0.25, -0.2) is 9.36 Å². The van der Waals surface area contributed by atoms with E-state index in [0.717, 1.165) is 22.4 Å². The minimum atomic E-state index is -0.781. The Balaban J connectivity index is 1.70. The molecule has 0 saturated carbocycles. The van der Waals surface area contributed by atoms with E-state index in [9.17, 15) is 14.5 Å². The lowest BCUT2D eigenvalue weighted by atomic mass is 9.87. The summed E-state index contributed by atoms with van der Waals surface area (Å²) < 4.78 is 27.7. The Kier molecular flexibility index (Phi) is 12.3. The van der Waals surface area contributed by atoms with Crippen molar-refractivity contribution in [3.63, 3.8) is 0 Å². The molecule has 0 bridgehead atoms. The highest BCUT2D eigenvalue weighted by atomic mass is 35.5. The number of ether oxygens (including phenoxy) is 2. The van der Waals surface area contributed by atoms with E-state index in [2.05, 4.69) is 5.32 Å². The van der Waals surface area contributed by atoms with E-state index < -0.39 is 25.9 Å². The van der Waals surface area contributed by atoms with Crippen molar-refractivity contribution >= 4 is 38.1 Å². The third-order valence-corrected chi connectivity index (χ3v) is 7.82. The highest BCUT2D eigenvalue weighted by molar-refractivity contribution is 7.99. The summed E-state index contributed by atoms with van der Waals surface area (Å²) in [4.78, 5) is 14.2. The van der Waals surface area contributed by atoms with Crippen LogP contribution in [0.25, 0.3) is 0 Å². The first-order valence-electron chi connectivity index (χ1n) is 13.4. The molecular formula is C31H37ClNO6PS. The van der Waals surface area contributed by atoms with Gasteiger partial charge in [-0.1, -0.05) is 73.1 Å². The van der Waals surface area contributed by atoms with Gasteiger partial charge in [0.25, 0.3) is 0 Å². The second-order valence-corrected chi connectivity index (χ2v) is 12.7. The summed E-state index contributed by atoms with van der Waals surface area (Å²) in [6, 6.07) is 20.8. The van der Waals surface area contributed by atoms with Crippen molar-refractivity contribution in [2.24, 2.45) is 0 Å². The van der Waals surface area contributed by atoms with Crippen LogP contribution in [0.15, 0.2) is 76.5 Å². The van der Waals surface area contributed by atoms with Crippen molar-refractivity contribution in [2.45, 2.75) is 80.9 Å². The van der Waals surface area contributed by atoms with Gasteiger partial charge in [-0.05, 0) is 81.5 Å². The Hall–Kier alpha value is -2.77. The summed E-state index contributed by atoms with van der Waals surface area (Å²) in [6.07, 6.45) is 1.88. The van der Waals surface area contributed by atoms with Crippen LogP contribution in [0.3, 0.4) is 0 Å². The van der Waals surface area contributed by atoms with Gasteiger partial charge in [0.05, 0.1) is 17.0 Å². The van der Waals surface area contributed by atoms with Gasteiger partial charge in [-0.3, -0.25) is 4.52 Å². The third-order valence-electron chi connectivity index (χ3n) is 6.19. The van der Waals surface area contributed by atoms with E-state index in [4.69, 9.17) is 25.6 Å². The number of hydrogen-bond acceptors (Lipinski definition) is 7. The Morgan fingerprint density at radius 2 is 1.80 bits per heavy atom. The maximum Gasteiger partial charge on any atom is 0.408 e. The third kappa shape index (κ3) is 10.9. The predicted molar refractivity (Wildman–Crippen MR) is 163 cm³/mol. The molecule has 2 N–H and O–H groups in total. The number of benzene rings is 3. The smallest absolute Gasteiger partial charge is 0.408 e. The zero-order valence-electron chi connectivity index (χ0n) is 23.8. The number of alkyl carbamates (subject to hydrolysis) is 1. The van der Waals surface area contributed by atoms with Gasteiger partial charge in [-0.2, -0.15) is 0 Å². The van der Waals surface area contributed by atoms with Crippen LogP contribution < -0.4 is 10.1 Å². The van der Waals surface area contributed by atoms with Crippen LogP contribution in [0, 0.1) is 0 Å².